The Morgan fingerprint density at radius 3 is 2.37 bits per heavy atom. The van der Waals surface area contributed by atoms with Gasteiger partial charge in [0.2, 0.25) is 0 Å². The summed E-state index contributed by atoms with van der Waals surface area (Å²) in [5.41, 5.74) is 7.68. The van der Waals surface area contributed by atoms with Gasteiger partial charge < -0.3 is 26.0 Å². The summed E-state index contributed by atoms with van der Waals surface area (Å²) < 4.78 is 6.95. The highest BCUT2D eigenvalue weighted by Crippen LogP contribution is 2.26. The van der Waals surface area contributed by atoms with E-state index in [1.54, 1.807) is 0 Å². The number of benzene rings is 2. The summed E-state index contributed by atoms with van der Waals surface area (Å²) in [5, 5.41) is 30.2. The van der Waals surface area contributed by atoms with Crippen LogP contribution in [0.4, 0.5) is 0 Å². The number of nitrogens with two attached hydrogens (primary N) is 1. The molecule has 0 saturated carbocycles. The van der Waals surface area contributed by atoms with Crippen LogP contribution < -0.4 is 11.1 Å². The number of aliphatic carboxylic acids is 1. The number of aliphatic hydroxyl groups is 1. The molecule has 0 spiro atoms. The highest BCUT2D eigenvalue weighted by atomic mass is 16.5. The Morgan fingerprint density at radius 1 is 1.11 bits per heavy atom. The molecule has 3 aromatic rings. The van der Waals surface area contributed by atoms with Crippen molar-refractivity contribution in [1.29, 1.82) is 0 Å². The van der Waals surface area contributed by atoms with Gasteiger partial charge in [-0.2, -0.15) is 0 Å². The van der Waals surface area contributed by atoms with Gasteiger partial charge in [-0.3, -0.25) is 9.59 Å². The van der Waals surface area contributed by atoms with Crippen LogP contribution in [0, 0.1) is 11.3 Å². The Labute approximate surface area is 222 Å². The number of amides is 1. The van der Waals surface area contributed by atoms with Gasteiger partial charge in [-0.25, -0.2) is 4.68 Å². The predicted molar refractivity (Wildman–Crippen MR) is 143 cm³/mol. The van der Waals surface area contributed by atoms with E-state index in [-0.39, 0.29) is 30.8 Å². The molecule has 0 bridgehead atoms. The van der Waals surface area contributed by atoms with E-state index in [0.717, 1.165) is 16.7 Å². The van der Waals surface area contributed by atoms with Crippen LogP contribution in [0.5, 0.6) is 0 Å². The molecule has 1 aromatic heterocycles. The fourth-order valence-corrected chi connectivity index (χ4v) is 3.89. The SMILES string of the molecule is CC(C)[C@H](N)COCn1cc(C(=O)N[C@H](Cc2ccc(-c3ccccc3)cc2)C[C@@](C)(CO)C(=O)O)nn1. The molecule has 5 N–H and O–H groups in total. The average Bonchev–Trinajstić information content (AvgIpc) is 3.38. The van der Waals surface area contributed by atoms with Crippen molar-refractivity contribution in [3.63, 3.8) is 0 Å². The van der Waals surface area contributed by atoms with Crippen molar-refractivity contribution in [2.75, 3.05) is 13.2 Å². The monoisotopic (exact) mass is 523 g/mol. The normalized spacial score (nSPS) is 14.6. The highest BCUT2D eigenvalue weighted by Gasteiger charge is 2.36. The molecule has 1 amide bonds. The van der Waals surface area contributed by atoms with Crippen LogP contribution in [0.25, 0.3) is 11.1 Å². The molecule has 204 valence electrons. The van der Waals surface area contributed by atoms with E-state index in [1.807, 2.05) is 68.4 Å². The minimum Gasteiger partial charge on any atom is -0.481 e. The van der Waals surface area contributed by atoms with Crippen molar-refractivity contribution in [3.05, 3.63) is 72.1 Å². The van der Waals surface area contributed by atoms with E-state index < -0.39 is 29.9 Å². The van der Waals surface area contributed by atoms with Gasteiger partial charge in [0, 0.05) is 12.1 Å². The zero-order valence-corrected chi connectivity index (χ0v) is 22.1. The van der Waals surface area contributed by atoms with Crippen molar-refractivity contribution >= 4 is 11.9 Å². The van der Waals surface area contributed by atoms with Gasteiger partial charge in [-0.05, 0) is 42.4 Å². The van der Waals surface area contributed by atoms with E-state index in [1.165, 1.54) is 17.8 Å². The summed E-state index contributed by atoms with van der Waals surface area (Å²) in [5.74, 6) is -1.36. The molecule has 10 heteroatoms. The molecule has 1 heterocycles. The van der Waals surface area contributed by atoms with Gasteiger partial charge in [-0.15, -0.1) is 5.10 Å². The largest absolute Gasteiger partial charge is 0.481 e. The Hall–Kier alpha value is -3.60. The highest BCUT2D eigenvalue weighted by molar-refractivity contribution is 5.92. The van der Waals surface area contributed by atoms with Crippen LogP contribution in [0.1, 0.15) is 43.2 Å². The van der Waals surface area contributed by atoms with Crippen molar-refractivity contribution < 1.29 is 24.5 Å². The average molecular weight is 524 g/mol. The Balaban J connectivity index is 1.70. The maximum absolute atomic E-state index is 13.0. The summed E-state index contributed by atoms with van der Waals surface area (Å²) in [6.07, 6.45) is 1.85. The molecule has 10 nitrogen and oxygen atoms in total. The van der Waals surface area contributed by atoms with Crippen LogP contribution in [0.3, 0.4) is 0 Å². The second kappa shape index (κ2) is 13.3. The quantitative estimate of drug-likeness (QED) is 0.252. The summed E-state index contributed by atoms with van der Waals surface area (Å²) in [6.45, 7) is 5.35. The number of carbonyl (C=O) groups excluding carboxylic acids is 1. The van der Waals surface area contributed by atoms with Gasteiger partial charge in [0.15, 0.2) is 5.69 Å². The maximum atomic E-state index is 13.0. The molecular formula is C28H37N5O5. The van der Waals surface area contributed by atoms with Crippen LogP contribution in [0.2, 0.25) is 0 Å². The van der Waals surface area contributed by atoms with Gasteiger partial charge >= 0.3 is 5.97 Å². The first-order valence-corrected chi connectivity index (χ1v) is 12.6. The molecule has 38 heavy (non-hydrogen) atoms. The van der Waals surface area contributed by atoms with Gasteiger partial charge in [0.05, 0.1) is 24.8 Å². The van der Waals surface area contributed by atoms with E-state index >= 15 is 0 Å². The lowest BCUT2D eigenvalue weighted by molar-refractivity contribution is -0.151. The smallest absolute Gasteiger partial charge is 0.311 e. The van der Waals surface area contributed by atoms with E-state index in [0.29, 0.717) is 13.0 Å². The fraction of sp³-hybridized carbons (Fsp3) is 0.429. The number of hydrogen-bond acceptors (Lipinski definition) is 7. The van der Waals surface area contributed by atoms with E-state index in [9.17, 15) is 19.8 Å². The second-order valence-electron chi connectivity index (χ2n) is 10.2. The minimum absolute atomic E-state index is 0.0232. The number of nitrogens with zero attached hydrogens (tertiary/aromatic N) is 3. The summed E-state index contributed by atoms with van der Waals surface area (Å²) in [7, 11) is 0. The van der Waals surface area contributed by atoms with Crippen LogP contribution in [-0.4, -0.2) is 62.4 Å². The van der Waals surface area contributed by atoms with Gasteiger partial charge in [0.25, 0.3) is 5.91 Å². The molecular weight excluding hydrogens is 486 g/mol. The number of hydrogen-bond donors (Lipinski definition) is 4. The Kier molecular flexibility index (Phi) is 10.1. The van der Waals surface area contributed by atoms with Gasteiger partial charge in [-0.1, -0.05) is 73.7 Å². The van der Waals surface area contributed by atoms with Crippen molar-refractivity contribution in [1.82, 2.24) is 20.3 Å². The molecule has 0 radical (unpaired) electrons. The number of carboxylic acid groups (broad SMARTS) is 1. The summed E-state index contributed by atoms with van der Waals surface area (Å²) in [6, 6.07) is 17.1. The first-order valence-electron chi connectivity index (χ1n) is 12.6. The lowest BCUT2D eigenvalue weighted by Crippen LogP contribution is -2.44. The molecule has 3 rings (SSSR count). The first-order chi connectivity index (χ1) is 18.1. The number of ether oxygens (including phenoxy) is 1. The lowest BCUT2D eigenvalue weighted by Gasteiger charge is -2.28. The van der Waals surface area contributed by atoms with Crippen LogP contribution in [-0.2, 0) is 22.7 Å². The first kappa shape index (κ1) is 29.0. The molecule has 3 atom stereocenters. The molecule has 2 aromatic carbocycles. The number of carbonyl (C=O) groups is 2. The topological polar surface area (TPSA) is 153 Å². The standard InChI is InChI=1S/C28H37N5O5/c1-19(2)24(29)16-38-18-33-15-25(31-32-33)26(35)30-23(14-28(3,17-34)27(36)37)13-20-9-11-22(12-10-20)21-7-5-4-6-8-21/h4-12,15,19,23-24,34H,13-14,16-18,29H2,1-3H3,(H,30,35)(H,36,37)/t23-,24-,28+/m1/s1. The summed E-state index contributed by atoms with van der Waals surface area (Å²) >= 11 is 0. The molecule has 0 fully saturated rings. The maximum Gasteiger partial charge on any atom is 0.311 e. The Bertz CT molecular complexity index is 1180. The van der Waals surface area contributed by atoms with E-state index in [2.05, 4.69) is 15.6 Å². The minimum atomic E-state index is -1.43. The van der Waals surface area contributed by atoms with Crippen LogP contribution in [0.15, 0.2) is 60.8 Å². The zero-order chi connectivity index (χ0) is 27.7. The Morgan fingerprint density at radius 2 is 1.76 bits per heavy atom. The van der Waals surface area contributed by atoms with Crippen molar-refractivity contribution in [3.8, 4) is 11.1 Å². The van der Waals surface area contributed by atoms with Crippen LogP contribution >= 0.6 is 0 Å². The number of nitrogens with one attached hydrogen (secondary N) is 1. The number of carboxylic acids is 1. The molecule has 0 saturated heterocycles. The third-order valence-corrected chi connectivity index (χ3v) is 6.60. The van der Waals surface area contributed by atoms with Crippen molar-refractivity contribution in [2.45, 2.75) is 52.4 Å². The molecule has 0 aliphatic heterocycles. The third kappa shape index (κ3) is 7.95. The second-order valence-corrected chi connectivity index (χ2v) is 10.2. The lowest BCUT2D eigenvalue weighted by atomic mass is 9.82. The predicted octanol–water partition coefficient (Wildman–Crippen LogP) is 2.72. The van der Waals surface area contributed by atoms with Crippen molar-refractivity contribution in [2.24, 2.45) is 17.1 Å². The van der Waals surface area contributed by atoms with Gasteiger partial charge in [0.1, 0.15) is 6.73 Å². The van der Waals surface area contributed by atoms with E-state index in [4.69, 9.17) is 10.5 Å². The third-order valence-electron chi connectivity index (χ3n) is 6.60. The number of rotatable bonds is 14. The fourth-order valence-electron chi connectivity index (χ4n) is 3.89. The number of aliphatic hydroxyl groups excluding tert-OH is 1. The summed E-state index contributed by atoms with van der Waals surface area (Å²) in [4.78, 5) is 24.9. The number of aromatic nitrogens is 3. The molecule has 0 aliphatic rings. The zero-order valence-electron chi connectivity index (χ0n) is 22.1. The molecule has 0 aliphatic carbocycles. The molecule has 0 unspecified atom stereocenters.